The van der Waals surface area contributed by atoms with Crippen molar-refractivity contribution in [3.63, 3.8) is 0 Å². The first-order valence-corrected chi connectivity index (χ1v) is 5.95. The average Bonchev–Trinajstić information content (AvgIpc) is 2.76. The van der Waals surface area contributed by atoms with Crippen LogP contribution in [0.1, 0.15) is 11.1 Å². The smallest absolute Gasteiger partial charge is 0.268 e. The molecule has 4 nitrogen and oxygen atoms in total. The van der Waals surface area contributed by atoms with Crippen molar-refractivity contribution in [2.45, 2.75) is 6.54 Å². The highest BCUT2D eigenvalue weighted by Gasteiger charge is 2.17. The van der Waals surface area contributed by atoms with E-state index in [2.05, 4.69) is 4.98 Å². The molecule has 0 spiro atoms. The van der Waals surface area contributed by atoms with Gasteiger partial charge in [0.1, 0.15) is 11.6 Å². The molecule has 3 rings (SSSR count). The summed E-state index contributed by atoms with van der Waals surface area (Å²) in [5, 5.41) is 9.11. The molecule has 2 heterocycles. The van der Waals surface area contributed by atoms with Crippen molar-refractivity contribution in [3.05, 3.63) is 70.1 Å². The van der Waals surface area contributed by atoms with Crippen LogP contribution in [0.3, 0.4) is 0 Å². The second kappa shape index (κ2) is 4.46. The number of aromatic amines is 1. The van der Waals surface area contributed by atoms with E-state index in [1.807, 2.05) is 53.2 Å². The Morgan fingerprint density at radius 1 is 1.16 bits per heavy atom. The van der Waals surface area contributed by atoms with Gasteiger partial charge in [0, 0.05) is 12.7 Å². The Labute approximate surface area is 109 Å². The molecule has 0 aliphatic carbocycles. The number of pyridine rings is 1. The zero-order valence-electron chi connectivity index (χ0n) is 10.1. The van der Waals surface area contributed by atoms with E-state index in [9.17, 15) is 4.79 Å². The topological polar surface area (TPSA) is 61.6 Å². The third-order valence-electron chi connectivity index (χ3n) is 3.09. The minimum Gasteiger partial charge on any atom is -0.341 e. The van der Waals surface area contributed by atoms with E-state index < -0.39 is 0 Å². The van der Waals surface area contributed by atoms with E-state index in [4.69, 9.17) is 5.26 Å². The van der Waals surface area contributed by atoms with Gasteiger partial charge in [-0.05, 0) is 17.7 Å². The monoisotopic (exact) mass is 249 g/mol. The standard InChI is InChI=1S/C15H11N3O/c16-9-12-14-13(17-15(12)19)7-4-8-18(14)10-11-5-2-1-3-6-11/h1-8H,10H2,(H,17,19). The van der Waals surface area contributed by atoms with Crippen LogP contribution in [-0.4, -0.2) is 9.55 Å². The number of fused-ring (bicyclic) bond motifs is 1. The lowest BCUT2D eigenvalue weighted by atomic mass is 10.1. The fraction of sp³-hybridized carbons (Fsp3) is 0.0667. The highest BCUT2D eigenvalue weighted by molar-refractivity contribution is 5.65. The molecule has 2 aliphatic heterocycles. The number of rotatable bonds is 2. The number of H-pyrrole nitrogens is 1. The van der Waals surface area contributed by atoms with Gasteiger partial charge in [0.25, 0.3) is 5.56 Å². The van der Waals surface area contributed by atoms with Crippen LogP contribution in [0.4, 0.5) is 0 Å². The van der Waals surface area contributed by atoms with Crippen molar-refractivity contribution in [3.8, 4) is 17.5 Å². The minimum atomic E-state index is -0.328. The van der Waals surface area contributed by atoms with Crippen molar-refractivity contribution >= 4 is 0 Å². The third-order valence-corrected chi connectivity index (χ3v) is 3.09. The minimum absolute atomic E-state index is 0.173. The molecular weight excluding hydrogens is 238 g/mol. The van der Waals surface area contributed by atoms with E-state index in [0.29, 0.717) is 17.9 Å². The molecule has 1 aromatic rings. The van der Waals surface area contributed by atoms with Crippen molar-refractivity contribution in [2.24, 2.45) is 0 Å². The molecule has 4 heteroatoms. The summed E-state index contributed by atoms with van der Waals surface area (Å²) in [5.41, 5.74) is 2.33. The fourth-order valence-electron chi connectivity index (χ4n) is 2.24. The molecule has 0 atom stereocenters. The maximum Gasteiger partial charge on any atom is 0.268 e. The maximum absolute atomic E-state index is 11.7. The molecule has 92 valence electrons. The number of benzene rings is 1. The van der Waals surface area contributed by atoms with E-state index in [1.165, 1.54) is 0 Å². The lowest BCUT2D eigenvalue weighted by molar-refractivity contribution is 0.798. The molecule has 0 aromatic heterocycles. The van der Waals surface area contributed by atoms with Crippen LogP contribution in [0, 0.1) is 11.3 Å². The second-order valence-corrected chi connectivity index (χ2v) is 4.32. The van der Waals surface area contributed by atoms with E-state index in [1.54, 1.807) is 6.07 Å². The summed E-state index contributed by atoms with van der Waals surface area (Å²) in [5.74, 6) is 0. The molecule has 0 saturated heterocycles. The summed E-state index contributed by atoms with van der Waals surface area (Å²) in [4.78, 5) is 14.4. The van der Waals surface area contributed by atoms with Gasteiger partial charge in [-0.1, -0.05) is 30.3 Å². The Balaban J connectivity index is 2.15. The van der Waals surface area contributed by atoms with Gasteiger partial charge in [0.2, 0.25) is 0 Å². The Bertz CT molecular complexity index is 777. The van der Waals surface area contributed by atoms with Crippen LogP contribution in [0.2, 0.25) is 0 Å². The molecule has 1 aromatic carbocycles. The predicted molar refractivity (Wildman–Crippen MR) is 71.9 cm³/mol. The molecule has 0 fully saturated rings. The summed E-state index contributed by atoms with van der Waals surface area (Å²) < 4.78 is 1.92. The van der Waals surface area contributed by atoms with E-state index in [-0.39, 0.29) is 11.1 Å². The van der Waals surface area contributed by atoms with Gasteiger partial charge in [-0.3, -0.25) is 4.79 Å². The van der Waals surface area contributed by atoms with Crippen LogP contribution in [0.5, 0.6) is 0 Å². The van der Waals surface area contributed by atoms with Gasteiger partial charge in [0.05, 0.1) is 11.4 Å². The molecule has 2 aliphatic rings. The SMILES string of the molecule is N#Cc1c2n(Cc3ccccc3)cccc-2[nH]c1=O. The first kappa shape index (κ1) is 11.3. The average molecular weight is 249 g/mol. The number of nitrogens with zero attached hydrogens (tertiary/aromatic N) is 2. The summed E-state index contributed by atoms with van der Waals surface area (Å²) >= 11 is 0. The summed E-state index contributed by atoms with van der Waals surface area (Å²) in [6.07, 6.45) is 1.88. The molecule has 0 bridgehead atoms. The summed E-state index contributed by atoms with van der Waals surface area (Å²) in [6, 6.07) is 15.6. The first-order valence-electron chi connectivity index (χ1n) is 5.95. The number of nitriles is 1. The Morgan fingerprint density at radius 3 is 2.68 bits per heavy atom. The fourth-order valence-corrected chi connectivity index (χ4v) is 2.24. The number of aromatic nitrogens is 2. The zero-order chi connectivity index (χ0) is 13.2. The first-order chi connectivity index (χ1) is 9.29. The van der Waals surface area contributed by atoms with Gasteiger partial charge >= 0.3 is 0 Å². The van der Waals surface area contributed by atoms with Crippen LogP contribution < -0.4 is 5.56 Å². The number of hydrogen-bond donors (Lipinski definition) is 1. The largest absolute Gasteiger partial charge is 0.341 e. The second-order valence-electron chi connectivity index (χ2n) is 4.32. The predicted octanol–water partition coefficient (Wildman–Crippen LogP) is 2.20. The summed E-state index contributed by atoms with van der Waals surface area (Å²) in [7, 11) is 0. The molecule has 1 N–H and O–H groups in total. The van der Waals surface area contributed by atoms with Crippen LogP contribution in [0.25, 0.3) is 11.4 Å². The molecule has 0 amide bonds. The maximum atomic E-state index is 11.7. The molecular formula is C15H11N3O. The van der Waals surface area contributed by atoms with Crippen LogP contribution in [-0.2, 0) is 6.54 Å². The van der Waals surface area contributed by atoms with Crippen molar-refractivity contribution in [2.75, 3.05) is 0 Å². The number of nitrogens with one attached hydrogen (secondary N) is 1. The Hall–Kier alpha value is -2.80. The van der Waals surface area contributed by atoms with Gasteiger partial charge in [0.15, 0.2) is 0 Å². The lowest BCUT2D eigenvalue weighted by Gasteiger charge is -2.12. The van der Waals surface area contributed by atoms with Crippen molar-refractivity contribution in [1.82, 2.24) is 9.55 Å². The number of hydrogen-bond acceptors (Lipinski definition) is 2. The van der Waals surface area contributed by atoms with Crippen LogP contribution >= 0.6 is 0 Å². The third kappa shape index (κ3) is 1.91. The van der Waals surface area contributed by atoms with Crippen LogP contribution in [0.15, 0.2) is 53.5 Å². The zero-order valence-corrected chi connectivity index (χ0v) is 10.1. The van der Waals surface area contributed by atoms with Crippen molar-refractivity contribution in [1.29, 1.82) is 5.26 Å². The molecule has 19 heavy (non-hydrogen) atoms. The highest BCUT2D eigenvalue weighted by Crippen LogP contribution is 2.22. The molecule has 0 radical (unpaired) electrons. The van der Waals surface area contributed by atoms with E-state index in [0.717, 1.165) is 5.56 Å². The quantitative estimate of drug-likeness (QED) is 0.756. The lowest BCUT2D eigenvalue weighted by Crippen LogP contribution is -2.06. The van der Waals surface area contributed by atoms with Gasteiger partial charge in [-0.2, -0.15) is 5.26 Å². The van der Waals surface area contributed by atoms with E-state index >= 15 is 0 Å². The Kier molecular flexibility index (Phi) is 2.66. The van der Waals surface area contributed by atoms with Gasteiger partial charge in [-0.15, -0.1) is 0 Å². The normalized spacial score (nSPS) is 10.5. The summed E-state index contributed by atoms with van der Waals surface area (Å²) in [6.45, 7) is 0.629. The Morgan fingerprint density at radius 2 is 1.95 bits per heavy atom. The molecule has 0 saturated carbocycles. The highest BCUT2D eigenvalue weighted by atomic mass is 16.1. The van der Waals surface area contributed by atoms with Gasteiger partial charge < -0.3 is 9.55 Å². The molecule has 0 unspecified atom stereocenters. The van der Waals surface area contributed by atoms with Crippen molar-refractivity contribution < 1.29 is 0 Å². The van der Waals surface area contributed by atoms with Gasteiger partial charge in [-0.25, -0.2) is 0 Å².